The number of hydrogen-bond donors (Lipinski definition) is 2. The second kappa shape index (κ2) is 5.16. The smallest absolute Gasteiger partial charge is 0.307 e. The third-order valence-corrected chi connectivity index (χ3v) is 3.10. The van der Waals surface area contributed by atoms with Gasteiger partial charge in [0.05, 0.1) is 29.6 Å². The van der Waals surface area contributed by atoms with Crippen LogP contribution >= 0.6 is 0 Å². The molecule has 0 aromatic heterocycles. The SMILES string of the molecule is COc1ccc([N+](=O)[O-])cc1NC(=O)[C@@H]1C[C@@H]1C(=O)O. The van der Waals surface area contributed by atoms with Crippen LogP contribution in [0.5, 0.6) is 5.75 Å². The summed E-state index contributed by atoms with van der Waals surface area (Å²) in [5, 5.41) is 21.9. The van der Waals surface area contributed by atoms with Gasteiger partial charge in [-0.05, 0) is 12.5 Å². The quantitative estimate of drug-likeness (QED) is 0.619. The highest BCUT2D eigenvalue weighted by atomic mass is 16.6. The van der Waals surface area contributed by atoms with Crippen LogP contribution in [0.25, 0.3) is 0 Å². The molecule has 1 saturated carbocycles. The van der Waals surface area contributed by atoms with Gasteiger partial charge >= 0.3 is 5.97 Å². The van der Waals surface area contributed by atoms with Crippen molar-refractivity contribution >= 4 is 23.3 Å². The molecule has 106 valence electrons. The molecular formula is C12H12N2O6. The first kappa shape index (κ1) is 13.8. The Hall–Kier alpha value is -2.64. The number of nitrogens with zero attached hydrogens (tertiary/aromatic N) is 1. The molecule has 8 nitrogen and oxygen atoms in total. The fourth-order valence-corrected chi connectivity index (χ4v) is 1.89. The Kier molecular flexibility index (Phi) is 3.55. The highest BCUT2D eigenvalue weighted by molar-refractivity contribution is 5.99. The number of aliphatic carboxylic acids is 1. The van der Waals surface area contributed by atoms with Crippen molar-refractivity contribution in [2.75, 3.05) is 12.4 Å². The maximum atomic E-state index is 11.8. The number of non-ortho nitro benzene ring substituents is 1. The third-order valence-electron chi connectivity index (χ3n) is 3.10. The molecule has 1 aromatic carbocycles. The van der Waals surface area contributed by atoms with E-state index in [0.29, 0.717) is 0 Å². The van der Waals surface area contributed by atoms with E-state index in [1.165, 1.54) is 25.3 Å². The first-order valence-corrected chi connectivity index (χ1v) is 5.80. The van der Waals surface area contributed by atoms with Crippen LogP contribution in [0.2, 0.25) is 0 Å². The van der Waals surface area contributed by atoms with Crippen molar-refractivity contribution in [3.63, 3.8) is 0 Å². The normalized spacial score (nSPS) is 20.1. The van der Waals surface area contributed by atoms with Crippen LogP contribution in [-0.2, 0) is 9.59 Å². The summed E-state index contributed by atoms with van der Waals surface area (Å²) < 4.78 is 5.00. The summed E-state index contributed by atoms with van der Waals surface area (Å²) >= 11 is 0. The fraction of sp³-hybridized carbons (Fsp3) is 0.333. The Morgan fingerprint density at radius 1 is 1.45 bits per heavy atom. The fourth-order valence-electron chi connectivity index (χ4n) is 1.89. The van der Waals surface area contributed by atoms with E-state index in [4.69, 9.17) is 9.84 Å². The van der Waals surface area contributed by atoms with Gasteiger partial charge in [-0.1, -0.05) is 0 Å². The summed E-state index contributed by atoms with van der Waals surface area (Å²) in [4.78, 5) is 32.6. The number of ether oxygens (including phenoxy) is 1. The van der Waals surface area contributed by atoms with Crippen LogP contribution in [0.4, 0.5) is 11.4 Å². The monoisotopic (exact) mass is 280 g/mol. The Morgan fingerprint density at radius 2 is 2.15 bits per heavy atom. The lowest BCUT2D eigenvalue weighted by Crippen LogP contribution is -2.17. The lowest BCUT2D eigenvalue weighted by molar-refractivity contribution is -0.384. The van der Waals surface area contributed by atoms with Crippen LogP contribution in [0.15, 0.2) is 18.2 Å². The van der Waals surface area contributed by atoms with E-state index >= 15 is 0 Å². The molecule has 0 bridgehead atoms. The van der Waals surface area contributed by atoms with Crippen molar-refractivity contribution in [3.8, 4) is 5.75 Å². The van der Waals surface area contributed by atoms with Gasteiger partial charge in [-0.25, -0.2) is 0 Å². The lowest BCUT2D eigenvalue weighted by Gasteiger charge is -2.09. The minimum atomic E-state index is -1.02. The Balaban J connectivity index is 2.16. The van der Waals surface area contributed by atoms with Crippen molar-refractivity contribution in [1.82, 2.24) is 0 Å². The highest BCUT2D eigenvalue weighted by Crippen LogP contribution is 2.40. The molecular weight excluding hydrogens is 268 g/mol. The molecule has 1 aliphatic carbocycles. The number of anilines is 1. The van der Waals surface area contributed by atoms with Crippen LogP contribution in [-0.4, -0.2) is 29.0 Å². The van der Waals surface area contributed by atoms with Crippen molar-refractivity contribution in [1.29, 1.82) is 0 Å². The average molecular weight is 280 g/mol. The maximum Gasteiger partial charge on any atom is 0.307 e. The molecule has 2 rings (SSSR count). The number of carbonyl (C=O) groups is 2. The number of carboxylic acid groups (broad SMARTS) is 1. The van der Waals surface area contributed by atoms with E-state index in [-0.39, 0.29) is 23.5 Å². The second-order valence-corrected chi connectivity index (χ2v) is 4.42. The summed E-state index contributed by atoms with van der Waals surface area (Å²) in [5.41, 5.74) is -0.0329. The zero-order valence-corrected chi connectivity index (χ0v) is 10.5. The van der Waals surface area contributed by atoms with Gasteiger partial charge < -0.3 is 15.2 Å². The van der Waals surface area contributed by atoms with Crippen LogP contribution in [0.3, 0.4) is 0 Å². The van der Waals surface area contributed by atoms with Crippen molar-refractivity contribution in [2.45, 2.75) is 6.42 Å². The number of amides is 1. The Morgan fingerprint density at radius 3 is 2.65 bits per heavy atom. The number of hydrogen-bond acceptors (Lipinski definition) is 5. The Bertz CT molecular complexity index is 585. The topological polar surface area (TPSA) is 119 Å². The summed E-state index contributed by atoms with van der Waals surface area (Å²) in [7, 11) is 1.37. The van der Waals surface area contributed by atoms with E-state index in [2.05, 4.69) is 5.32 Å². The molecule has 0 radical (unpaired) electrons. The number of nitrogens with one attached hydrogen (secondary N) is 1. The molecule has 2 atom stereocenters. The predicted molar refractivity (Wildman–Crippen MR) is 67.5 cm³/mol. The second-order valence-electron chi connectivity index (χ2n) is 4.42. The maximum absolute atomic E-state index is 11.8. The number of carboxylic acids is 1. The molecule has 0 spiro atoms. The summed E-state index contributed by atoms with van der Waals surface area (Å²) in [6.45, 7) is 0. The largest absolute Gasteiger partial charge is 0.495 e. The van der Waals surface area contributed by atoms with Gasteiger partial charge in [0, 0.05) is 12.1 Å². The molecule has 1 aromatic rings. The molecule has 0 aliphatic heterocycles. The highest BCUT2D eigenvalue weighted by Gasteiger charge is 2.48. The van der Waals surface area contributed by atoms with Crippen molar-refractivity contribution in [3.05, 3.63) is 28.3 Å². The number of benzene rings is 1. The third kappa shape index (κ3) is 2.68. The zero-order chi connectivity index (χ0) is 14.9. The van der Waals surface area contributed by atoms with E-state index in [0.717, 1.165) is 0 Å². The molecule has 1 fully saturated rings. The zero-order valence-electron chi connectivity index (χ0n) is 10.5. The number of nitro groups is 1. The number of carbonyl (C=O) groups excluding carboxylic acids is 1. The molecule has 0 heterocycles. The number of methoxy groups -OCH3 is 1. The van der Waals surface area contributed by atoms with Gasteiger partial charge in [0.25, 0.3) is 5.69 Å². The summed E-state index contributed by atoms with van der Waals surface area (Å²) in [5.74, 6) is -2.50. The molecule has 1 aliphatic rings. The standard InChI is InChI=1S/C12H12N2O6/c1-20-10-3-2-6(14(18)19)4-9(10)13-11(15)7-5-8(7)12(16)17/h2-4,7-8H,5H2,1H3,(H,13,15)(H,16,17)/t7-,8+/m1/s1. The van der Waals surface area contributed by atoms with Gasteiger partial charge in [-0.15, -0.1) is 0 Å². The van der Waals surface area contributed by atoms with Gasteiger partial charge in [0.2, 0.25) is 5.91 Å². The minimum absolute atomic E-state index is 0.155. The van der Waals surface area contributed by atoms with Crippen LogP contribution in [0, 0.1) is 22.0 Å². The summed E-state index contributed by atoms with van der Waals surface area (Å²) in [6, 6.07) is 3.80. The van der Waals surface area contributed by atoms with E-state index in [9.17, 15) is 19.7 Å². The number of rotatable bonds is 5. The van der Waals surface area contributed by atoms with E-state index < -0.39 is 28.6 Å². The lowest BCUT2D eigenvalue weighted by atomic mass is 10.2. The molecule has 20 heavy (non-hydrogen) atoms. The molecule has 2 N–H and O–H groups in total. The van der Waals surface area contributed by atoms with Gasteiger partial charge in [0.1, 0.15) is 5.75 Å². The molecule has 0 saturated heterocycles. The van der Waals surface area contributed by atoms with E-state index in [1.807, 2.05) is 0 Å². The molecule has 8 heteroatoms. The average Bonchev–Trinajstić information content (AvgIpc) is 3.18. The minimum Gasteiger partial charge on any atom is -0.495 e. The first-order chi connectivity index (χ1) is 9.43. The van der Waals surface area contributed by atoms with Crippen molar-refractivity contribution in [2.24, 2.45) is 11.8 Å². The van der Waals surface area contributed by atoms with Gasteiger partial charge in [-0.2, -0.15) is 0 Å². The number of nitro benzene ring substituents is 1. The van der Waals surface area contributed by atoms with Gasteiger partial charge in [0.15, 0.2) is 0 Å². The van der Waals surface area contributed by atoms with Crippen LogP contribution < -0.4 is 10.1 Å². The summed E-state index contributed by atoms with van der Waals surface area (Å²) in [6.07, 6.45) is 0.276. The Labute approximate surface area is 113 Å². The van der Waals surface area contributed by atoms with Crippen LogP contribution in [0.1, 0.15) is 6.42 Å². The van der Waals surface area contributed by atoms with Gasteiger partial charge in [-0.3, -0.25) is 19.7 Å². The molecule has 1 amide bonds. The predicted octanol–water partition coefficient (Wildman–Crippen LogP) is 1.26. The van der Waals surface area contributed by atoms with E-state index in [1.54, 1.807) is 0 Å². The first-order valence-electron chi connectivity index (χ1n) is 5.80. The van der Waals surface area contributed by atoms with Crippen molar-refractivity contribution < 1.29 is 24.4 Å². The molecule has 0 unspecified atom stereocenters.